The molecule has 2 heterocycles. The number of nitrogens with zero attached hydrogens (tertiary/aromatic N) is 2. The lowest BCUT2D eigenvalue weighted by atomic mass is 10.1. The lowest BCUT2D eigenvalue weighted by molar-refractivity contribution is -0.119. The van der Waals surface area contributed by atoms with E-state index in [1.165, 1.54) is 11.3 Å². The first-order valence-corrected chi connectivity index (χ1v) is 12.8. The van der Waals surface area contributed by atoms with E-state index in [1.807, 2.05) is 0 Å². The van der Waals surface area contributed by atoms with Crippen molar-refractivity contribution in [3.05, 3.63) is 78.1 Å². The van der Waals surface area contributed by atoms with Crippen LogP contribution in [0.15, 0.2) is 58.1 Å². The Morgan fingerprint density at radius 1 is 1.29 bits per heavy atom. The Balaban J connectivity index is 1.68. The highest BCUT2D eigenvalue weighted by molar-refractivity contribution is 14.1. The molecule has 0 saturated heterocycles. The van der Waals surface area contributed by atoms with Crippen LogP contribution in [0, 0.1) is 3.57 Å². The molecule has 1 amide bonds. The summed E-state index contributed by atoms with van der Waals surface area (Å²) < 4.78 is 7.27. The van der Waals surface area contributed by atoms with Gasteiger partial charge < -0.3 is 25.3 Å². The lowest BCUT2D eigenvalue weighted by Crippen LogP contribution is -2.33. The molecule has 0 aliphatic heterocycles. The van der Waals surface area contributed by atoms with Crippen molar-refractivity contribution in [3.8, 4) is 22.9 Å². The van der Waals surface area contributed by atoms with Gasteiger partial charge in [-0.25, -0.2) is 14.3 Å². The first kappa shape index (κ1) is 25.2. The summed E-state index contributed by atoms with van der Waals surface area (Å²) >= 11 is 9.76. The molecule has 0 unspecified atom stereocenters. The summed E-state index contributed by atoms with van der Waals surface area (Å²) in [6.07, 6.45) is 0.0794. The first-order chi connectivity index (χ1) is 16.9. The van der Waals surface area contributed by atoms with Gasteiger partial charge >= 0.3 is 5.69 Å². The van der Waals surface area contributed by atoms with E-state index in [2.05, 4.69) is 37.9 Å². The summed E-state index contributed by atoms with van der Waals surface area (Å²) in [7, 11) is 0. The topological polar surface area (TPSA) is 129 Å². The van der Waals surface area contributed by atoms with Gasteiger partial charge in [0.15, 0.2) is 0 Å². The number of anilines is 1. The summed E-state index contributed by atoms with van der Waals surface area (Å²) in [6, 6.07) is 10.7. The average Bonchev–Trinajstić information content (AvgIpc) is 3.46. The molecule has 0 saturated carbocycles. The molecule has 1 atom stereocenters. The Labute approximate surface area is 222 Å². The van der Waals surface area contributed by atoms with Crippen LogP contribution in [0.1, 0.15) is 11.7 Å². The second kappa shape index (κ2) is 11.2. The number of carbonyl (C=O) groups excluding carboxylic acids is 1. The third-order valence-electron chi connectivity index (χ3n) is 5.09. The van der Waals surface area contributed by atoms with Gasteiger partial charge in [-0.2, -0.15) is 0 Å². The van der Waals surface area contributed by atoms with Gasteiger partial charge in [-0.3, -0.25) is 4.79 Å². The van der Waals surface area contributed by atoms with Crippen LogP contribution in [-0.4, -0.2) is 43.9 Å². The average molecular weight is 627 g/mol. The number of aromatic hydroxyl groups is 1. The number of aliphatic hydroxyl groups is 1. The number of halogens is 2. The highest BCUT2D eigenvalue weighted by Gasteiger charge is 2.29. The second-order valence-electron chi connectivity index (χ2n) is 7.41. The van der Waals surface area contributed by atoms with Gasteiger partial charge in [0.05, 0.1) is 28.5 Å². The number of hydrogen-bond acceptors (Lipinski definition) is 7. The molecule has 0 aliphatic rings. The van der Waals surface area contributed by atoms with Crippen molar-refractivity contribution in [1.29, 1.82) is 0 Å². The predicted octanol–water partition coefficient (Wildman–Crippen LogP) is 4.06. The number of aliphatic hydroxyl groups excluding tert-OH is 1. The number of imidazole rings is 1. The number of amides is 1. The number of hydrogen-bond donors (Lipinski definition) is 4. The van der Waals surface area contributed by atoms with Gasteiger partial charge in [0.1, 0.15) is 24.1 Å². The van der Waals surface area contributed by atoms with E-state index in [0.717, 1.165) is 8.14 Å². The van der Waals surface area contributed by atoms with Crippen molar-refractivity contribution in [2.75, 3.05) is 18.5 Å². The molecule has 12 heteroatoms. The number of aromatic nitrogens is 3. The fourth-order valence-corrected chi connectivity index (χ4v) is 4.93. The maximum Gasteiger partial charge on any atom is 0.329 e. The summed E-state index contributed by atoms with van der Waals surface area (Å²) in [5.41, 5.74) is 2.65. The van der Waals surface area contributed by atoms with E-state index in [0.29, 0.717) is 27.7 Å². The standard InChI is InChI=1S/C23H20ClIN4O5S/c24-17-9-14(25)3-6-18(17)27-21(31)19(10-15-11-35-12-26-15)29-22(32)20(28-23(29)33)13-1-4-16(5-2-13)34-8-7-30/h1-6,9,11-12,19,30,32H,7-8,10H2,(H,27,31)(H,28,33)/t19-/m0/s1. The van der Waals surface area contributed by atoms with Gasteiger partial charge in [-0.1, -0.05) is 11.6 Å². The lowest BCUT2D eigenvalue weighted by Gasteiger charge is -2.18. The quantitative estimate of drug-likeness (QED) is 0.208. The largest absolute Gasteiger partial charge is 0.493 e. The van der Waals surface area contributed by atoms with Gasteiger partial charge in [0.2, 0.25) is 11.8 Å². The predicted molar refractivity (Wildman–Crippen MR) is 142 cm³/mol. The zero-order chi connectivity index (χ0) is 24.9. The van der Waals surface area contributed by atoms with Crippen LogP contribution >= 0.6 is 45.5 Å². The van der Waals surface area contributed by atoms with Gasteiger partial charge in [-0.15, -0.1) is 11.3 Å². The summed E-state index contributed by atoms with van der Waals surface area (Å²) in [5, 5.41) is 24.8. The molecule has 0 fully saturated rings. The van der Waals surface area contributed by atoms with Crippen LogP contribution in [0.3, 0.4) is 0 Å². The van der Waals surface area contributed by atoms with Gasteiger partial charge in [0.25, 0.3) is 0 Å². The first-order valence-electron chi connectivity index (χ1n) is 10.4. The van der Waals surface area contributed by atoms with Gasteiger partial charge in [-0.05, 0) is 65.1 Å². The van der Waals surface area contributed by atoms with E-state index in [1.54, 1.807) is 53.4 Å². The normalized spacial score (nSPS) is 11.9. The van der Waals surface area contributed by atoms with Crippen molar-refractivity contribution in [2.24, 2.45) is 0 Å². The fraction of sp³-hybridized carbons (Fsp3) is 0.174. The number of aromatic amines is 1. The Hall–Kier alpha value is -2.87. The van der Waals surface area contributed by atoms with Crippen molar-refractivity contribution >= 4 is 57.1 Å². The van der Waals surface area contributed by atoms with E-state index >= 15 is 0 Å². The van der Waals surface area contributed by atoms with Crippen LogP contribution in [-0.2, 0) is 11.2 Å². The van der Waals surface area contributed by atoms with Crippen molar-refractivity contribution in [3.63, 3.8) is 0 Å². The maximum atomic E-state index is 13.4. The minimum absolute atomic E-state index is 0.0794. The SMILES string of the molecule is O=C(Nc1ccc(I)cc1Cl)[C@H](Cc1cscn1)n1c(O)c(-c2ccc(OCCO)cc2)[nH]c1=O. The summed E-state index contributed by atoms with van der Waals surface area (Å²) in [4.78, 5) is 33.2. The highest BCUT2D eigenvalue weighted by atomic mass is 127. The maximum absolute atomic E-state index is 13.4. The van der Waals surface area contributed by atoms with Crippen LogP contribution < -0.4 is 15.7 Å². The molecule has 4 rings (SSSR count). The number of nitrogens with one attached hydrogen (secondary N) is 2. The molecule has 4 aromatic rings. The van der Waals surface area contributed by atoms with Crippen molar-refractivity contribution in [1.82, 2.24) is 14.5 Å². The van der Waals surface area contributed by atoms with Crippen molar-refractivity contribution in [2.45, 2.75) is 12.5 Å². The Bertz CT molecular complexity index is 1370. The Morgan fingerprint density at radius 3 is 2.71 bits per heavy atom. The smallest absolute Gasteiger partial charge is 0.329 e. The van der Waals surface area contributed by atoms with Crippen LogP contribution in [0.4, 0.5) is 5.69 Å². The molecule has 2 aromatic heterocycles. The number of thiazole rings is 1. The molecule has 35 heavy (non-hydrogen) atoms. The molecule has 2 aromatic carbocycles. The van der Waals surface area contributed by atoms with Crippen molar-refractivity contribution < 1.29 is 19.7 Å². The molecule has 0 radical (unpaired) electrons. The summed E-state index contributed by atoms with van der Waals surface area (Å²) in [5.74, 6) is -0.390. The minimum Gasteiger partial charge on any atom is -0.493 e. The van der Waals surface area contributed by atoms with E-state index in [-0.39, 0.29) is 31.2 Å². The van der Waals surface area contributed by atoms with Crippen LogP contribution in [0.5, 0.6) is 11.6 Å². The third kappa shape index (κ3) is 5.86. The number of benzene rings is 2. The number of H-pyrrole nitrogens is 1. The van der Waals surface area contributed by atoms with Crippen LogP contribution in [0.2, 0.25) is 5.02 Å². The monoisotopic (exact) mass is 626 g/mol. The number of carbonyl (C=O) groups is 1. The second-order valence-corrected chi connectivity index (χ2v) is 9.78. The summed E-state index contributed by atoms with van der Waals surface area (Å²) in [6.45, 7) is 0.0321. The Morgan fingerprint density at radius 2 is 2.06 bits per heavy atom. The molecular formula is C23H20ClIN4O5S. The van der Waals surface area contributed by atoms with E-state index in [4.69, 9.17) is 21.4 Å². The highest BCUT2D eigenvalue weighted by Crippen LogP contribution is 2.32. The fourth-order valence-electron chi connectivity index (χ4n) is 3.46. The van der Waals surface area contributed by atoms with E-state index < -0.39 is 17.6 Å². The number of ether oxygens (including phenoxy) is 1. The molecule has 4 N–H and O–H groups in total. The molecule has 182 valence electrons. The molecular weight excluding hydrogens is 607 g/mol. The zero-order valence-electron chi connectivity index (χ0n) is 18.1. The molecule has 9 nitrogen and oxygen atoms in total. The minimum atomic E-state index is -1.10. The molecule has 0 aliphatic carbocycles. The van der Waals surface area contributed by atoms with Crippen LogP contribution in [0.25, 0.3) is 11.3 Å². The van der Waals surface area contributed by atoms with E-state index in [9.17, 15) is 14.7 Å². The zero-order valence-corrected chi connectivity index (χ0v) is 21.8. The molecule has 0 spiro atoms. The number of rotatable bonds is 9. The molecule has 0 bridgehead atoms. The third-order valence-corrected chi connectivity index (χ3v) is 6.71. The van der Waals surface area contributed by atoms with Gasteiger partial charge in [0, 0.05) is 20.9 Å². The Kier molecular flexibility index (Phi) is 8.11.